The molecule has 0 spiro atoms. The lowest BCUT2D eigenvalue weighted by molar-refractivity contribution is 0.254. The molecule has 0 aliphatic carbocycles. The normalized spacial score (nSPS) is 31.9. The summed E-state index contributed by atoms with van der Waals surface area (Å²) >= 11 is 0. The van der Waals surface area contributed by atoms with Crippen LogP contribution in [0.1, 0.15) is 19.8 Å². The van der Waals surface area contributed by atoms with Crippen LogP contribution in [0, 0.1) is 5.92 Å². The lowest BCUT2D eigenvalue weighted by Gasteiger charge is -2.19. The molecule has 3 nitrogen and oxygen atoms in total. The molecule has 1 rings (SSSR count). The van der Waals surface area contributed by atoms with Gasteiger partial charge in [0.25, 0.3) is 10.1 Å². The second-order valence-electron chi connectivity index (χ2n) is 2.61. The van der Waals surface area contributed by atoms with Crippen LogP contribution in [0.2, 0.25) is 0 Å². The van der Waals surface area contributed by atoms with Gasteiger partial charge in [-0.25, -0.2) is 0 Å². The summed E-state index contributed by atoms with van der Waals surface area (Å²) in [6, 6.07) is 0. The van der Waals surface area contributed by atoms with Crippen LogP contribution in [-0.2, 0) is 14.3 Å². The summed E-state index contributed by atoms with van der Waals surface area (Å²) in [5.41, 5.74) is 0. The number of hydrogen-bond acceptors (Lipinski definition) is 3. The molecule has 60 valence electrons. The van der Waals surface area contributed by atoms with E-state index in [1.54, 1.807) is 0 Å². The zero-order chi connectivity index (χ0) is 7.61. The Hall–Kier alpha value is -0.0900. The highest BCUT2D eigenvalue weighted by molar-refractivity contribution is 7.86. The van der Waals surface area contributed by atoms with E-state index < -0.39 is 10.1 Å². The van der Waals surface area contributed by atoms with Crippen LogP contribution in [-0.4, -0.2) is 20.8 Å². The minimum absolute atomic E-state index is 0.212. The molecule has 0 amide bonds. The molecule has 10 heavy (non-hydrogen) atoms. The topological polar surface area (TPSA) is 43.4 Å². The standard InChI is InChI=1S/C6H12O3S/c1-2-6-3-4-9-10(7,8)5-6/h6H,2-5H2,1H3. The van der Waals surface area contributed by atoms with E-state index in [9.17, 15) is 8.42 Å². The van der Waals surface area contributed by atoms with Crippen LogP contribution in [0.5, 0.6) is 0 Å². The van der Waals surface area contributed by atoms with E-state index >= 15 is 0 Å². The van der Waals surface area contributed by atoms with Gasteiger partial charge in [0.1, 0.15) is 0 Å². The highest BCUT2D eigenvalue weighted by Crippen LogP contribution is 2.18. The molecule has 0 aromatic rings. The summed E-state index contributed by atoms with van der Waals surface area (Å²) in [4.78, 5) is 0. The van der Waals surface area contributed by atoms with Gasteiger partial charge in [-0.15, -0.1) is 0 Å². The van der Waals surface area contributed by atoms with Crippen molar-refractivity contribution < 1.29 is 12.6 Å². The fourth-order valence-corrected chi connectivity index (χ4v) is 2.51. The van der Waals surface area contributed by atoms with Crippen molar-refractivity contribution in [2.24, 2.45) is 5.92 Å². The van der Waals surface area contributed by atoms with Crippen LogP contribution in [0.15, 0.2) is 0 Å². The van der Waals surface area contributed by atoms with E-state index in [0.717, 1.165) is 12.8 Å². The minimum atomic E-state index is -3.14. The fourth-order valence-electron chi connectivity index (χ4n) is 1.08. The third-order valence-corrected chi connectivity index (χ3v) is 3.21. The Kier molecular flexibility index (Phi) is 2.31. The first-order chi connectivity index (χ1) is 4.64. The Morgan fingerprint density at radius 2 is 2.30 bits per heavy atom. The summed E-state index contributed by atoms with van der Waals surface area (Å²) in [5, 5.41) is 0. The largest absolute Gasteiger partial charge is 0.270 e. The third kappa shape index (κ3) is 1.95. The van der Waals surface area contributed by atoms with E-state index in [2.05, 4.69) is 4.18 Å². The van der Waals surface area contributed by atoms with Crippen molar-refractivity contribution >= 4 is 10.1 Å². The van der Waals surface area contributed by atoms with Crippen molar-refractivity contribution in [3.63, 3.8) is 0 Å². The molecule has 1 fully saturated rings. The van der Waals surface area contributed by atoms with E-state index in [1.807, 2.05) is 6.92 Å². The van der Waals surface area contributed by atoms with Crippen LogP contribution in [0.4, 0.5) is 0 Å². The molecular weight excluding hydrogens is 152 g/mol. The second-order valence-corrected chi connectivity index (χ2v) is 4.29. The molecule has 0 N–H and O–H groups in total. The Labute approximate surface area is 61.5 Å². The molecule has 0 aromatic carbocycles. The summed E-state index contributed by atoms with van der Waals surface area (Å²) in [5.74, 6) is 0.530. The van der Waals surface area contributed by atoms with Gasteiger partial charge in [0.05, 0.1) is 12.4 Å². The van der Waals surface area contributed by atoms with E-state index in [4.69, 9.17) is 0 Å². The van der Waals surface area contributed by atoms with Crippen molar-refractivity contribution in [3.05, 3.63) is 0 Å². The SMILES string of the molecule is CCC1CCOS(=O)(=O)C1. The van der Waals surface area contributed by atoms with Gasteiger partial charge < -0.3 is 0 Å². The maximum Gasteiger partial charge on any atom is 0.267 e. The fraction of sp³-hybridized carbons (Fsp3) is 1.00. The Morgan fingerprint density at radius 1 is 1.60 bits per heavy atom. The van der Waals surface area contributed by atoms with Gasteiger partial charge in [0.15, 0.2) is 0 Å². The predicted octanol–water partition coefficient (Wildman–Crippen LogP) is 0.763. The van der Waals surface area contributed by atoms with Crippen LogP contribution < -0.4 is 0 Å². The highest BCUT2D eigenvalue weighted by atomic mass is 32.2. The van der Waals surface area contributed by atoms with E-state index in [-0.39, 0.29) is 5.75 Å². The zero-order valence-corrected chi connectivity index (χ0v) is 6.86. The first kappa shape index (κ1) is 8.01. The maximum absolute atomic E-state index is 10.8. The van der Waals surface area contributed by atoms with Crippen LogP contribution >= 0.6 is 0 Å². The molecule has 0 radical (unpaired) electrons. The minimum Gasteiger partial charge on any atom is -0.270 e. The van der Waals surface area contributed by atoms with Gasteiger partial charge in [-0.1, -0.05) is 13.3 Å². The van der Waals surface area contributed by atoms with Crippen molar-refractivity contribution in [2.75, 3.05) is 12.4 Å². The Bertz CT molecular complexity index is 195. The van der Waals surface area contributed by atoms with Gasteiger partial charge in [-0.3, -0.25) is 4.18 Å². The average Bonchev–Trinajstić information content (AvgIpc) is 1.86. The van der Waals surface area contributed by atoms with Crippen LogP contribution in [0.3, 0.4) is 0 Å². The monoisotopic (exact) mass is 164 g/mol. The molecule has 1 atom stereocenters. The van der Waals surface area contributed by atoms with E-state index in [1.165, 1.54) is 0 Å². The van der Waals surface area contributed by atoms with Crippen molar-refractivity contribution in [1.29, 1.82) is 0 Å². The molecule has 4 heteroatoms. The summed E-state index contributed by atoms with van der Waals surface area (Å²) in [6.07, 6.45) is 1.82. The zero-order valence-electron chi connectivity index (χ0n) is 6.04. The third-order valence-electron chi connectivity index (χ3n) is 1.81. The number of rotatable bonds is 1. The van der Waals surface area contributed by atoms with Gasteiger partial charge >= 0.3 is 0 Å². The van der Waals surface area contributed by atoms with E-state index in [0.29, 0.717) is 12.5 Å². The molecule has 1 unspecified atom stereocenters. The molecule has 0 bridgehead atoms. The molecule has 0 saturated carbocycles. The lowest BCUT2D eigenvalue weighted by atomic mass is 10.1. The van der Waals surface area contributed by atoms with Gasteiger partial charge in [0.2, 0.25) is 0 Å². The van der Waals surface area contributed by atoms with Gasteiger partial charge in [0, 0.05) is 0 Å². The van der Waals surface area contributed by atoms with Crippen molar-refractivity contribution in [2.45, 2.75) is 19.8 Å². The molecule has 1 aliphatic rings. The Morgan fingerprint density at radius 3 is 2.70 bits per heavy atom. The van der Waals surface area contributed by atoms with Crippen molar-refractivity contribution in [3.8, 4) is 0 Å². The van der Waals surface area contributed by atoms with Gasteiger partial charge in [-0.05, 0) is 12.3 Å². The first-order valence-electron chi connectivity index (χ1n) is 3.51. The summed E-state index contributed by atoms with van der Waals surface area (Å²) in [6.45, 7) is 2.38. The lowest BCUT2D eigenvalue weighted by Crippen LogP contribution is -2.25. The smallest absolute Gasteiger partial charge is 0.267 e. The molecule has 1 heterocycles. The molecular formula is C6H12O3S. The second kappa shape index (κ2) is 2.88. The quantitative estimate of drug-likeness (QED) is 0.537. The van der Waals surface area contributed by atoms with Crippen LogP contribution in [0.25, 0.3) is 0 Å². The van der Waals surface area contributed by atoms with Gasteiger partial charge in [-0.2, -0.15) is 8.42 Å². The molecule has 0 aromatic heterocycles. The molecule has 1 saturated heterocycles. The summed E-state index contributed by atoms with van der Waals surface area (Å²) in [7, 11) is -3.14. The highest BCUT2D eigenvalue weighted by Gasteiger charge is 2.23. The maximum atomic E-state index is 10.8. The number of hydrogen-bond donors (Lipinski definition) is 0. The average molecular weight is 164 g/mol. The molecule has 1 aliphatic heterocycles. The Balaban J connectivity index is 2.56. The predicted molar refractivity (Wildman–Crippen MR) is 38.1 cm³/mol. The van der Waals surface area contributed by atoms with Crippen molar-refractivity contribution in [1.82, 2.24) is 0 Å². The first-order valence-corrected chi connectivity index (χ1v) is 5.09. The summed E-state index contributed by atoms with van der Waals surface area (Å²) < 4.78 is 26.2.